The summed E-state index contributed by atoms with van der Waals surface area (Å²) in [4.78, 5) is 22.1. The molecule has 0 bridgehead atoms. The van der Waals surface area contributed by atoms with Gasteiger partial charge in [0.05, 0.1) is 12.5 Å². The van der Waals surface area contributed by atoms with Gasteiger partial charge < -0.3 is 14.5 Å². The van der Waals surface area contributed by atoms with E-state index in [1.54, 1.807) is 7.11 Å². The smallest absolute Gasteiger partial charge is 0.259 e. The maximum absolute atomic E-state index is 12.8. The minimum absolute atomic E-state index is 0.164. The number of rotatable bonds is 6. The second kappa shape index (κ2) is 9.21. The summed E-state index contributed by atoms with van der Waals surface area (Å²) < 4.78 is 12.5. The van der Waals surface area contributed by atoms with Crippen LogP contribution in [-0.2, 0) is 6.61 Å². The van der Waals surface area contributed by atoms with Gasteiger partial charge in [0.1, 0.15) is 17.3 Å². The van der Waals surface area contributed by atoms with Crippen LogP contribution in [0.1, 0.15) is 5.56 Å². The summed E-state index contributed by atoms with van der Waals surface area (Å²) >= 11 is 4.94. The van der Waals surface area contributed by atoms with Gasteiger partial charge in [-0.05, 0) is 47.5 Å². The molecule has 7 heteroatoms. The van der Waals surface area contributed by atoms with Gasteiger partial charge in [0, 0.05) is 14.9 Å². The Morgan fingerprint density at radius 3 is 2.48 bits per heavy atom. The lowest BCUT2D eigenvalue weighted by atomic mass is 10.1. The van der Waals surface area contributed by atoms with Crippen molar-refractivity contribution >= 4 is 37.5 Å². The van der Waals surface area contributed by atoms with E-state index in [1.165, 1.54) is 11.3 Å². The molecule has 0 saturated carbocycles. The van der Waals surface area contributed by atoms with E-state index in [0.29, 0.717) is 34.1 Å². The molecule has 1 N–H and O–H groups in total. The predicted molar refractivity (Wildman–Crippen MR) is 136 cm³/mol. The Balaban J connectivity index is 1.45. The van der Waals surface area contributed by atoms with Crippen molar-refractivity contribution in [3.8, 4) is 33.3 Å². The number of nitrogens with one attached hydrogen (secondary N) is 1. The highest BCUT2D eigenvalue weighted by atomic mass is 79.9. The molecule has 33 heavy (non-hydrogen) atoms. The van der Waals surface area contributed by atoms with Crippen molar-refractivity contribution in [2.45, 2.75) is 6.61 Å². The fourth-order valence-electron chi connectivity index (χ4n) is 3.49. The van der Waals surface area contributed by atoms with Crippen LogP contribution >= 0.6 is 27.3 Å². The van der Waals surface area contributed by atoms with Crippen molar-refractivity contribution in [2.75, 3.05) is 7.11 Å². The molecule has 0 atom stereocenters. The van der Waals surface area contributed by atoms with Crippen LogP contribution in [-0.4, -0.2) is 17.1 Å². The Labute approximate surface area is 202 Å². The number of hydrogen-bond acceptors (Lipinski definition) is 5. The molecule has 0 amide bonds. The van der Waals surface area contributed by atoms with Crippen LogP contribution < -0.4 is 15.0 Å². The van der Waals surface area contributed by atoms with Gasteiger partial charge in [0.15, 0.2) is 11.5 Å². The number of nitrogens with zero attached hydrogens (tertiary/aromatic N) is 1. The lowest BCUT2D eigenvalue weighted by molar-refractivity contribution is 0.284. The standard InChI is InChI=1S/C26H19BrN2O3S/c1-31-22-13-18(9-12-21(22)32-15-16-7-10-19(27)11-8-16)24-28-25(30)20-14-23(33-26(20)29-24)17-5-3-2-4-6-17/h2-14H,15H2,1H3,(H,28,29,30). The Hall–Kier alpha value is -3.42. The van der Waals surface area contributed by atoms with Gasteiger partial charge in [-0.25, -0.2) is 4.98 Å². The lowest BCUT2D eigenvalue weighted by Crippen LogP contribution is -2.08. The zero-order valence-corrected chi connectivity index (χ0v) is 20.1. The van der Waals surface area contributed by atoms with Crippen molar-refractivity contribution in [1.29, 1.82) is 0 Å². The minimum Gasteiger partial charge on any atom is -0.493 e. The first kappa shape index (κ1) is 21.4. The van der Waals surface area contributed by atoms with Crippen LogP contribution in [0.15, 0.2) is 88.1 Å². The molecule has 0 aliphatic carbocycles. The Kier molecular flexibility index (Phi) is 5.98. The summed E-state index contributed by atoms with van der Waals surface area (Å²) in [6, 6.07) is 25.4. The van der Waals surface area contributed by atoms with E-state index in [1.807, 2.05) is 78.9 Å². The monoisotopic (exact) mass is 518 g/mol. The molecule has 0 spiro atoms. The van der Waals surface area contributed by atoms with Crippen LogP contribution in [0.5, 0.6) is 11.5 Å². The van der Waals surface area contributed by atoms with Gasteiger partial charge in [-0.1, -0.05) is 58.4 Å². The second-order valence-electron chi connectivity index (χ2n) is 7.39. The van der Waals surface area contributed by atoms with E-state index >= 15 is 0 Å². The highest BCUT2D eigenvalue weighted by Gasteiger charge is 2.13. The number of methoxy groups -OCH3 is 1. The summed E-state index contributed by atoms with van der Waals surface area (Å²) in [6.45, 7) is 0.418. The van der Waals surface area contributed by atoms with Crippen LogP contribution in [0, 0.1) is 0 Å². The number of hydrogen-bond donors (Lipinski definition) is 1. The first-order valence-electron chi connectivity index (χ1n) is 10.3. The highest BCUT2D eigenvalue weighted by Crippen LogP contribution is 2.34. The van der Waals surface area contributed by atoms with Gasteiger partial charge in [0.25, 0.3) is 5.56 Å². The molecule has 0 radical (unpaired) electrons. The van der Waals surface area contributed by atoms with Crippen LogP contribution in [0.2, 0.25) is 0 Å². The molecule has 0 aliphatic rings. The first-order valence-corrected chi connectivity index (χ1v) is 11.9. The molecule has 5 rings (SSSR count). The third-order valence-corrected chi connectivity index (χ3v) is 6.81. The zero-order valence-electron chi connectivity index (χ0n) is 17.7. The van der Waals surface area contributed by atoms with Crippen molar-refractivity contribution in [1.82, 2.24) is 9.97 Å². The van der Waals surface area contributed by atoms with Gasteiger partial charge in [-0.3, -0.25) is 4.79 Å². The van der Waals surface area contributed by atoms with E-state index in [2.05, 4.69) is 20.9 Å². The van der Waals surface area contributed by atoms with E-state index in [9.17, 15) is 4.79 Å². The maximum Gasteiger partial charge on any atom is 0.259 e. The van der Waals surface area contributed by atoms with Crippen LogP contribution in [0.25, 0.3) is 32.0 Å². The molecule has 2 heterocycles. The van der Waals surface area contributed by atoms with Gasteiger partial charge >= 0.3 is 0 Å². The van der Waals surface area contributed by atoms with Gasteiger partial charge in [-0.2, -0.15) is 0 Å². The average molecular weight is 519 g/mol. The van der Waals surface area contributed by atoms with Crippen molar-refractivity contribution in [3.63, 3.8) is 0 Å². The number of thiophene rings is 1. The summed E-state index contributed by atoms with van der Waals surface area (Å²) in [5.41, 5.74) is 2.70. The zero-order chi connectivity index (χ0) is 22.8. The molecule has 0 aliphatic heterocycles. The molecule has 0 fully saturated rings. The van der Waals surface area contributed by atoms with Crippen molar-refractivity contribution < 1.29 is 9.47 Å². The third kappa shape index (κ3) is 4.55. The molecule has 0 unspecified atom stereocenters. The fourth-order valence-corrected chi connectivity index (χ4v) is 4.79. The highest BCUT2D eigenvalue weighted by molar-refractivity contribution is 9.10. The van der Waals surface area contributed by atoms with Crippen LogP contribution in [0.3, 0.4) is 0 Å². The number of benzene rings is 3. The molecular formula is C26H19BrN2O3S. The molecule has 0 saturated heterocycles. The second-order valence-corrected chi connectivity index (χ2v) is 9.34. The largest absolute Gasteiger partial charge is 0.493 e. The van der Waals surface area contributed by atoms with Crippen molar-refractivity contribution in [3.05, 3.63) is 99.3 Å². The molecule has 5 aromatic rings. The van der Waals surface area contributed by atoms with Crippen molar-refractivity contribution in [2.24, 2.45) is 0 Å². The quantitative estimate of drug-likeness (QED) is 0.272. The molecule has 5 nitrogen and oxygen atoms in total. The number of H-pyrrole nitrogens is 1. The summed E-state index contributed by atoms with van der Waals surface area (Å²) in [5, 5.41) is 0.587. The number of ether oxygens (including phenoxy) is 2. The normalized spacial score (nSPS) is 11.0. The topological polar surface area (TPSA) is 64.2 Å². The number of aromatic amines is 1. The minimum atomic E-state index is -0.164. The van der Waals surface area contributed by atoms with E-state index in [4.69, 9.17) is 14.5 Å². The number of fused-ring (bicyclic) bond motifs is 1. The lowest BCUT2D eigenvalue weighted by Gasteiger charge is -2.12. The van der Waals surface area contributed by atoms with E-state index in [-0.39, 0.29) is 5.56 Å². The summed E-state index contributed by atoms with van der Waals surface area (Å²) in [7, 11) is 1.59. The molecule has 164 valence electrons. The first-order chi connectivity index (χ1) is 16.1. The molecular weight excluding hydrogens is 500 g/mol. The SMILES string of the molecule is COc1cc(-c2nc3sc(-c4ccccc4)cc3c(=O)[nH]2)ccc1OCc1ccc(Br)cc1. The number of aromatic nitrogens is 2. The van der Waals surface area contributed by atoms with Gasteiger partial charge in [0.2, 0.25) is 0 Å². The molecule has 3 aromatic carbocycles. The third-order valence-electron chi connectivity index (χ3n) is 5.21. The Morgan fingerprint density at radius 2 is 1.73 bits per heavy atom. The Morgan fingerprint density at radius 1 is 0.939 bits per heavy atom. The average Bonchev–Trinajstić information content (AvgIpc) is 3.29. The predicted octanol–water partition coefficient (Wildman–Crippen LogP) is 6.67. The summed E-state index contributed by atoms with van der Waals surface area (Å²) in [6.07, 6.45) is 0. The fraction of sp³-hybridized carbons (Fsp3) is 0.0769. The van der Waals surface area contributed by atoms with Gasteiger partial charge in [-0.15, -0.1) is 11.3 Å². The molecule has 2 aromatic heterocycles. The van der Waals surface area contributed by atoms with E-state index in [0.717, 1.165) is 26.0 Å². The number of halogens is 1. The van der Waals surface area contributed by atoms with E-state index < -0.39 is 0 Å². The Bertz CT molecular complexity index is 1480. The van der Waals surface area contributed by atoms with Crippen LogP contribution in [0.4, 0.5) is 0 Å². The summed E-state index contributed by atoms with van der Waals surface area (Å²) in [5.74, 6) is 1.69. The maximum atomic E-state index is 12.8.